The number of nitrogens with zero attached hydrogens (tertiary/aromatic N) is 3. The van der Waals surface area contributed by atoms with E-state index >= 15 is 0 Å². The van der Waals surface area contributed by atoms with E-state index in [-0.39, 0.29) is 10.9 Å². The van der Waals surface area contributed by atoms with E-state index in [1.807, 2.05) is 24.1 Å². The summed E-state index contributed by atoms with van der Waals surface area (Å²) >= 11 is 8.31. The Bertz CT molecular complexity index is 669. The molecule has 22 heavy (non-hydrogen) atoms. The van der Waals surface area contributed by atoms with Crippen LogP contribution < -0.4 is 4.90 Å². The Hall–Kier alpha value is -1.12. The zero-order chi connectivity index (χ0) is 15.9. The van der Waals surface area contributed by atoms with E-state index in [4.69, 9.17) is 11.6 Å². The molecule has 0 radical (unpaired) electrons. The molecule has 0 saturated carbocycles. The molecule has 0 aromatic heterocycles. The summed E-state index contributed by atoms with van der Waals surface area (Å²) in [6.45, 7) is 3.08. The van der Waals surface area contributed by atoms with Crippen molar-refractivity contribution in [2.24, 2.45) is 0 Å². The Labute approximate surface area is 147 Å². The number of likely N-dealkylation sites (N-methyl/N-ethyl adjacent to an activating group) is 1. The van der Waals surface area contributed by atoms with Crippen LogP contribution in [0.4, 0.5) is 5.69 Å². The average molecular weight is 432 g/mol. The molecule has 7 heteroatoms. The Kier molecular flexibility index (Phi) is 4.42. The number of carbonyl (C=O) groups is 2. The molecule has 2 heterocycles. The molecule has 0 N–H and O–H groups in total. The lowest BCUT2D eigenvalue weighted by Crippen LogP contribution is -2.46. The van der Waals surface area contributed by atoms with Crippen LogP contribution in [0.25, 0.3) is 0 Å². The average Bonchev–Trinajstić information content (AvgIpc) is 2.72. The van der Waals surface area contributed by atoms with E-state index in [1.54, 1.807) is 12.1 Å². The number of benzene rings is 1. The lowest BCUT2D eigenvalue weighted by atomic mass is 10.2. The lowest BCUT2D eigenvalue weighted by Gasteiger charge is -2.34. The molecule has 2 amide bonds. The van der Waals surface area contributed by atoms with Gasteiger partial charge in [-0.25, -0.2) is 4.90 Å². The van der Waals surface area contributed by atoms with Crippen molar-refractivity contribution >= 4 is 51.7 Å². The van der Waals surface area contributed by atoms with Gasteiger partial charge in [-0.3, -0.25) is 9.59 Å². The number of anilines is 1. The van der Waals surface area contributed by atoms with Crippen LogP contribution in [0.5, 0.6) is 0 Å². The van der Waals surface area contributed by atoms with Crippen LogP contribution in [-0.4, -0.2) is 54.8 Å². The minimum atomic E-state index is -0.440. The summed E-state index contributed by atoms with van der Waals surface area (Å²) in [5, 5.41) is 0.0224. The SMILES string of the molecule is CN1CCN(C2=C(Cl)C(=O)N(c3ccccc3I)C2=O)CC1. The maximum Gasteiger partial charge on any atom is 0.283 e. The molecular weight excluding hydrogens is 417 g/mol. The highest BCUT2D eigenvalue weighted by Gasteiger charge is 2.42. The molecular formula is C15H15ClIN3O2. The zero-order valence-electron chi connectivity index (χ0n) is 12.1. The molecule has 116 valence electrons. The van der Waals surface area contributed by atoms with Crippen molar-refractivity contribution < 1.29 is 9.59 Å². The normalized spacial score (nSPS) is 20.3. The predicted octanol–water partition coefficient (Wildman–Crippen LogP) is 1.86. The lowest BCUT2D eigenvalue weighted by molar-refractivity contribution is -0.121. The van der Waals surface area contributed by atoms with Gasteiger partial charge in [0.2, 0.25) is 0 Å². The molecule has 5 nitrogen and oxygen atoms in total. The fourth-order valence-electron chi connectivity index (χ4n) is 2.65. The van der Waals surface area contributed by atoms with Crippen molar-refractivity contribution in [1.29, 1.82) is 0 Å². The predicted molar refractivity (Wildman–Crippen MR) is 93.6 cm³/mol. The maximum absolute atomic E-state index is 12.8. The van der Waals surface area contributed by atoms with Gasteiger partial charge >= 0.3 is 0 Å². The molecule has 0 bridgehead atoms. The Morgan fingerprint density at radius 2 is 1.68 bits per heavy atom. The number of halogens is 2. The van der Waals surface area contributed by atoms with E-state index < -0.39 is 5.91 Å². The summed E-state index contributed by atoms with van der Waals surface area (Å²) in [6.07, 6.45) is 0. The van der Waals surface area contributed by atoms with Gasteiger partial charge in [-0.2, -0.15) is 0 Å². The van der Waals surface area contributed by atoms with E-state index in [0.29, 0.717) is 24.5 Å². The van der Waals surface area contributed by atoms with E-state index in [9.17, 15) is 9.59 Å². The number of piperazine rings is 1. The third-order valence-corrected chi connectivity index (χ3v) is 5.17. The van der Waals surface area contributed by atoms with Crippen molar-refractivity contribution in [3.05, 3.63) is 38.6 Å². The highest BCUT2D eigenvalue weighted by molar-refractivity contribution is 14.1. The fraction of sp³-hybridized carbons (Fsp3) is 0.333. The van der Waals surface area contributed by atoms with Gasteiger partial charge in [-0.15, -0.1) is 0 Å². The van der Waals surface area contributed by atoms with Crippen LogP contribution in [0.3, 0.4) is 0 Å². The minimum Gasteiger partial charge on any atom is -0.363 e. The number of para-hydroxylation sites is 1. The Morgan fingerprint density at radius 3 is 2.32 bits per heavy atom. The molecule has 1 fully saturated rings. The first-order chi connectivity index (χ1) is 10.5. The van der Waals surface area contributed by atoms with Crippen LogP contribution in [0.15, 0.2) is 35.0 Å². The van der Waals surface area contributed by atoms with E-state index in [2.05, 4.69) is 27.5 Å². The highest BCUT2D eigenvalue weighted by atomic mass is 127. The quantitative estimate of drug-likeness (QED) is 0.530. The Morgan fingerprint density at radius 1 is 1.05 bits per heavy atom. The topological polar surface area (TPSA) is 43.9 Å². The van der Waals surface area contributed by atoms with E-state index in [1.165, 1.54) is 4.90 Å². The maximum atomic E-state index is 12.8. The summed E-state index contributed by atoms with van der Waals surface area (Å²) in [5.41, 5.74) is 0.916. The van der Waals surface area contributed by atoms with Crippen molar-refractivity contribution in [1.82, 2.24) is 9.80 Å². The number of imide groups is 1. The summed E-state index contributed by atoms with van der Waals surface area (Å²) in [5.74, 6) is -0.770. The highest BCUT2D eigenvalue weighted by Crippen LogP contribution is 2.33. The first-order valence-corrected chi connectivity index (χ1v) is 8.43. The zero-order valence-corrected chi connectivity index (χ0v) is 15.0. The van der Waals surface area contributed by atoms with Gasteiger partial charge in [0.15, 0.2) is 0 Å². The van der Waals surface area contributed by atoms with Gasteiger partial charge in [0.25, 0.3) is 11.8 Å². The second kappa shape index (κ2) is 6.17. The standard InChI is InChI=1S/C15H15ClIN3O2/c1-18-6-8-19(9-7-18)13-12(16)14(21)20(15(13)22)11-5-3-2-4-10(11)17/h2-5H,6-9H2,1H3. The molecule has 0 unspecified atom stereocenters. The van der Waals surface area contributed by atoms with Crippen LogP contribution in [0.2, 0.25) is 0 Å². The fourth-order valence-corrected chi connectivity index (χ4v) is 3.56. The van der Waals surface area contributed by atoms with Crippen molar-refractivity contribution in [3.8, 4) is 0 Å². The van der Waals surface area contributed by atoms with Crippen LogP contribution in [-0.2, 0) is 9.59 Å². The largest absolute Gasteiger partial charge is 0.363 e. The second-order valence-electron chi connectivity index (χ2n) is 5.35. The number of carbonyl (C=O) groups excluding carboxylic acids is 2. The molecule has 2 aliphatic heterocycles. The molecule has 3 rings (SSSR count). The smallest absolute Gasteiger partial charge is 0.283 e. The number of hydrogen-bond donors (Lipinski definition) is 0. The molecule has 0 atom stereocenters. The van der Waals surface area contributed by atoms with Crippen molar-refractivity contribution in [2.75, 3.05) is 38.1 Å². The molecule has 1 saturated heterocycles. The van der Waals surface area contributed by atoms with E-state index in [0.717, 1.165) is 16.7 Å². The number of rotatable bonds is 2. The third-order valence-electron chi connectivity index (χ3n) is 3.92. The van der Waals surface area contributed by atoms with Crippen molar-refractivity contribution in [2.45, 2.75) is 0 Å². The Balaban J connectivity index is 1.92. The first-order valence-electron chi connectivity index (χ1n) is 6.97. The molecule has 0 spiro atoms. The first kappa shape index (κ1) is 15.8. The minimum absolute atomic E-state index is 0.0224. The van der Waals surface area contributed by atoms with Crippen LogP contribution in [0.1, 0.15) is 0 Å². The summed E-state index contributed by atoms with van der Waals surface area (Å²) in [4.78, 5) is 30.5. The van der Waals surface area contributed by atoms with Gasteiger partial charge in [-0.05, 0) is 41.8 Å². The van der Waals surface area contributed by atoms with Gasteiger partial charge in [-0.1, -0.05) is 23.7 Å². The number of amides is 2. The van der Waals surface area contributed by atoms with Crippen LogP contribution >= 0.6 is 34.2 Å². The summed E-state index contributed by atoms with van der Waals surface area (Å²) in [7, 11) is 2.04. The molecule has 0 aliphatic carbocycles. The monoisotopic (exact) mass is 431 g/mol. The van der Waals surface area contributed by atoms with Gasteiger partial charge in [0.1, 0.15) is 10.7 Å². The summed E-state index contributed by atoms with van der Waals surface area (Å²) in [6, 6.07) is 7.29. The van der Waals surface area contributed by atoms with Gasteiger partial charge in [0.05, 0.1) is 5.69 Å². The van der Waals surface area contributed by atoms with Gasteiger partial charge in [0, 0.05) is 29.7 Å². The molecule has 1 aromatic rings. The summed E-state index contributed by atoms with van der Waals surface area (Å²) < 4.78 is 0.839. The molecule has 1 aromatic carbocycles. The third kappa shape index (κ3) is 2.63. The molecule has 2 aliphatic rings. The van der Waals surface area contributed by atoms with Crippen molar-refractivity contribution in [3.63, 3.8) is 0 Å². The van der Waals surface area contributed by atoms with Crippen LogP contribution in [0, 0.1) is 3.57 Å². The van der Waals surface area contributed by atoms with Gasteiger partial charge < -0.3 is 9.80 Å². The number of hydrogen-bond acceptors (Lipinski definition) is 4. The second-order valence-corrected chi connectivity index (χ2v) is 6.89.